The van der Waals surface area contributed by atoms with Crippen molar-refractivity contribution in [1.29, 1.82) is 0 Å². The summed E-state index contributed by atoms with van der Waals surface area (Å²) in [7, 11) is 0. The van der Waals surface area contributed by atoms with Crippen LogP contribution in [0.3, 0.4) is 0 Å². The highest BCUT2D eigenvalue weighted by molar-refractivity contribution is 9.09. The maximum absolute atomic E-state index is 3.80. The van der Waals surface area contributed by atoms with Gasteiger partial charge in [-0.3, -0.25) is 0 Å². The number of halogens is 2. The molecule has 3 atom stereocenters. The zero-order chi connectivity index (χ0) is 12.7. The molecule has 2 unspecified atom stereocenters. The molecule has 1 N–H and O–H groups in total. The summed E-state index contributed by atoms with van der Waals surface area (Å²) >= 11 is 7.58. The Morgan fingerprint density at radius 3 is 2.76 bits per heavy atom. The molecule has 3 heteroatoms. The van der Waals surface area contributed by atoms with Gasteiger partial charge in [-0.25, -0.2) is 0 Å². The standard InChI is InChI=1S/C14H25Br2N/c1-3-7-13(16)14(4-2)17-10-11-8-5-6-9-12(11)15/h10,12-14,17H,3-9H2,1-2H3/b11-10+/t12-,13?,14?/m1/s1. The third-order valence-electron chi connectivity index (χ3n) is 3.50. The molecule has 0 amide bonds. The van der Waals surface area contributed by atoms with Crippen LogP contribution in [0.25, 0.3) is 0 Å². The van der Waals surface area contributed by atoms with Gasteiger partial charge in [0.2, 0.25) is 0 Å². The first-order valence-corrected chi connectivity index (χ1v) is 8.75. The van der Waals surface area contributed by atoms with Gasteiger partial charge in [-0.2, -0.15) is 0 Å². The van der Waals surface area contributed by atoms with E-state index >= 15 is 0 Å². The molecule has 0 aliphatic heterocycles. The van der Waals surface area contributed by atoms with Gasteiger partial charge < -0.3 is 5.32 Å². The molecule has 0 spiro atoms. The zero-order valence-electron chi connectivity index (χ0n) is 11.0. The molecule has 0 aromatic heterocycles. The zero-order valence-corrected chi connectivity index (χ0v) is 14.2. The molecule has 1 aliphatic carbocycles. The molecule has 1 saturated carbocycles. The van der Waals surface area contributed by atoms with Gasteiger partial charge in [-0.15, -0.1) is 0 Å². The predicted molar refractivity (Wildman–Crippen MR) is 84.1 cm³/mol. The second-order valence-corrected chi connectivity index (χ2v) is 7.20. The van der Waals surface area contributed by atoms with E-state index in [4.69, 9.17) is 0 Å². The minimum Gasteiger partial charge on any atom is -0.387 e. The monoisotopic (exact) mass is 365 g/mol. The smallest absolute Gasteiger partial charge is 0.0378 e. The van der Waals surface area contributed by atoms with E-state index in [1.807, 2.05) is 0 Å². The van der Waals surface area contributed by atoms with E-state index in [2.05, 4.69) is 57.2 Å². The van der Waals surface area contributed by atoms with Gasteiger partial charge in [0, 0.05) is 15.7 Å². The van der Waals surface area contributed by atoms with Gasteiger partial charge in [0.1, 0.15) is 0 Å². The van der Waals surface area contributed by atoms with E-state index in [-0.39, 0.29) is 0 Å². The quantitative estimate of drug-likeness (QED) is 0.641. The van der Waals surface area contributed by atoms with Crippen molar-refractivity contribution in [3.05, 3.63) is 11.8 Å². The highest BCUT2D eigenvalue weighted by atomic mass is 79.9. The van der Waals surface area contributed by atoms with Crippen LogP contribution in [0.15, 0.2) is 11.8 Å². The molecule has 17 heavy (non-hydrogen) atoms. The lowest BCUT2D eigenvalue weighted by Gasteiger charge is -2.25. The SMILES string of the molecule is CCCC(Br)C(CC)N/C=C1\CCCC[C@H]1Br. The maximum Gasteiger partial charge on any atom is 0.0378 e. The number of rotatable bonds is 6. The van der Waals surface area contributed by atoms with Gasteiger partial charge in [0.15, 0.2) is 0 Å². The summed E-state index contributed by atoms with van der Waals surface area (Å²) < 4.78 is 0. The number of alkyl halides is 2. The first-order valence-electron chi connectivity index (χ1n) is 6.92. The Bertz CT molecular complexity index is 240. The average molecular weight is 367 g/mol. The van der Waals surface area contributed by atoms with Crippen LogP contribution in [-0.4, -0.2) is 15.7 Å². The Morgan fingerprint density at radius 2 is 2.18 bits per heavy atom. The van der Waals surface area contributed by atoms with Crippen LogP contribution < -0.4 is 5.32 Å². The molecule has 0 saturated heterocycles. The highest BCUT2D eigenvalue weighted by Crippen LogP contribution is 2.29. The van der Waals surface area contributed by atoms with E-state index in [0.29, 0.717) is 15.7 Å². The second-order valence-electron chi connectivity index (χ2n) is 4.92. The highest BCUT2D eigenvalue weighted by Gasteiger charge is 2.18. The van der Waals surface area contributed by atoms with Crippen LogP contribution in [0, 0.1) is 0 Å². The van der Waals surface area contributed by atoms with Gasteiger partial charge >= 0.3 is 0 Å². The minimum atomic E-state index is 0.559. The fourth-order valence-corrected chi connectivity index (χ4v) is 4.00. The molecule has 1 fully saturated rings. The van der Waals surface area contributed by atoms with Crippen molar-refractivity contribution in [2.24, 2.45) is 0 Å². The molecule has 0 aromatic carbocycles. The fraction of sp³-hybridized carbons (Fsp3) is 0.857. The van der Waals surface area contributed by atoms with Crippen molar-refractivity contribution in [2.75, 3.05) is 0 Å². The van der Waals surface area contributed by atoms with Crippen molar-refractivity contribution in [3.63, 3.8) is 0 Å². The molecule has 0 radical (unpaired) electrons. The van der Waals surface area contributed by atoms with Gasteiger partial charge in [-0.1, -0.05) is 58.5 Å². The van der Waals surface area contributed by atoms with Crippen LogP contribution in [0.4, 0.5) is 0 Å². The number of hydrogen-bond donors (Lipinski definition) is 1. The minimum absolute atomic E-state index is 0.559. The Morgan fingerprint density at radius 1 is 1.41 bits per heavy atom. The number of hydrogen-bond acceptors (Lipinski definition) is 1. The van der Waals surface area contributed by atoms with Gasteiger partial charge in [0.25, 0.3) is 0 Å². The van der Waals surface area contributed by atoms with E-state index in [0.717, 1.165) is 0 Å². The van der Waals surface area contributed by atoms with Crippen molar-refractivity contribution in [3.8, 4) is 0 Å². The predicted octanol–water partition coefficient (Wildman–Crippen LogP) is 5.14. The summed E-state index contributed by atoms with van der Waals surface area (Å²) in [5.41, 5.74) is 1.55. The normalized spacial score (nSPS) is 26.8. The van der Waals surface area contributed by atoms with Crippen molar-refractivity contribution >= 4 is 31.9 Å². The van der Waals surface area contributed by atoms with Crippen LogP contribution in [0.2, 0.25) is 0 Å². The first-order chi connectivity index (χ1) is 8.19. The van der Waals surface area contributed by atoms with Crippen LogP contribution in [0.1, 0.15) is 58.8 Å². The lowest BCUT2D eigenvalue weighted by Crippen LogP contribution is -2.33. The Labute approximate surface area is 123 Å². The Balaban J connectivity index is 2.47. The molecule has 1 rings (SSSR count). The summed E-state index contributed by atoms with van der Waals surface area (Å²) in [5, 5.41) is 3.62. The maximum atomic E-state index is 3.80. The summed E-state index contributed by atoms with van der Waals surface area (Å²) in [5.74, 6) is 0. The fourth-order valence-electron chi connectivity index (χ4n) is 2.33. The summed E-state index contributed by atoms with van der Waals surface area (Å²) in [6.45, 7) is 4.50. The molecule has 1 aliphatic rings. The van der Waals surface area contributed by atoms with Crippen LogP contribution in [-0.2, 0) is 0 Å². The first kappa shape index (κ1) is 15.6. The molecule has 0 bridgehead atoms. The van der Waals surface area contributed by atoms with E-state index in [9.17, 15) is 0 Å². The molecule has 1 nitrogen and oxygen atoms in total. The third kappa shape index (κ3) is 5.34. The number of allylic oxidation sites excluding steroid dienone is 1. The lowest BCUT2D eigenvalue weighted by atomic mass is 9.95. The average Bonchev–Trinajstić information content (AvgIpc) is 2.32. The van der Waals surface area contributed by atoms with E-state index < -0.39 is 0 Å². The number of nitrogens with one attached hydrogen (secondary N) is 1. The molecule has 0 heterocycles. The van der Waals surface area contributed by atoms with Crippen molar-refractivity contribution in [2.45, 2.75) is 74.5 Å². The van der Waals surface area contributed by atoms with E-state index in [1.54, 1.807) is 5.57 Å². The largest absolute Gasteiger partial charge is 0.387 e. The summed E-state index contributed by atoms with van der Waals surface area (Å²) in [6.07, 6.45) is 11.2. The summed E-state index contributed by atoms with van der Waals surface area (Å²) in [4.78, 5) is 1.19. The van der Waals surface area contributed by atoms with Crippen LogP contribution >= 0.6 is 31.9 Å². The molecule has 100 valence electrons. The van der Waals surface area contributed by atoms with Gasteiger partial charge in [-0.05, 0) is 43.9 Å². The topological polar surface area (TPSA) is 12.0 Å². The third-order valence-corrected chi connectivity index (χ3v) is 5.64. The van der Waals surface area contributed by atoms with Crippen LogP contribution in [0.5, 0.6) is 0 Å². The van der Waals surface area contributed by atoms with Gasteiger partial charge in [0.05, 0.1) is 0 Å². The Kier molecular flexibility index (Phi) is 7.85. The van der Waals surface area contributed by atoms with Crippen molar-refractivity contribution < 1.29 is 0 Å². The second kappa shape index (κ2) is 8.58. The molecular formula is C14H25Br2N. The van der Waals surface area contributed by atoms with Crippen molar-refractivity contribution in [1.82, 2.24) is 5.32 Å². The summed E-state index contributed by atoms with van der Waals surface area (Å²) in [6, 6.07) is 0.559. The molecule has 0 aromatic rings. The Hall–Kier alpha value is 0.500. The van der Waals surface area contributed by atoms with E-state index in [1.165, 1.54) is 44.9 Å². The molecular weight excluding hydrogens is 342 g/mol. The lowest BCUT2D eigenvalue weighted by molar-refractivity contribution is 0.516.